The third-order valence-corrected chi connectivity index (χ3v) is 4.65. The lowest BCUT2D eigenvalue weighted by atomic mass is 10.0. The highest BCUT2D eigenvalue weighted by molar-refractivity contribution is 5.96. The Bertz CT molecular complexity index is 655. The molecular weight excluding hydrogens is 344 g/mol. The molecule has 0 unspecified atom stereocenters. The van der Waals surface area contributed by atoms with Crippen LogP contribution in [-0.4, -0.2) is 37.0 Å². The maximum Gasteiger partial charge on any atom is 0.338 e. The van der Waals surface area contributed by atoms with Gasteiger partial charge in [0.05, 0.1) is 5.56 Å². The summed E-state index contributed by atoms with van der Waals surface area (Å²) >= 11 is 0. The fraction of sp³-hybridized carbons (Fsp3) is 0.571. The fourth-order valence-electron chi connectivity index (χ4n) is 3.13. The smallest absolute Gasteiger partial charge is 0.338 e. The summed E-state index contributed by atoms with van der Waals surface area (Å²) in [4.78, 5) is 37.5. The lowest BCUT2D eigenvalue weighted by Gasteiger charge is -2.16. The lowest BCUT2D eigenvalue weighted by Crippen LogP contribution is -2.35. The Hall–Kier alpha value is -2.37. The molecular formula is C21H30N2O4. The highest BCUT2D eigenvalue weighted by Gasteiger charge is 2.22. The summed E-state index contributed by atoms with van der Waals surface area (Å²) in [7, 11) is 0. The van der Waals surface area contributed by atoms with Gasteiger partial charge in [0, 0.05) is 24.7 Å². The third-order valence-electron chi connectivity index (χ3n) is 4.65. The minimum Gasteiger partial charge on any atom is -0.452 e. The van der Waals surface area contributed by atoms with Crippen LogP contribution in [-0.2, 0) is 14.3 Å². The Balaban J connectivity index is 1.74. The van der Waals surface area contributed by atoms with Crippen LogP contribution >= 0.6 is 0 Å². The second kappa shape index (κ2) is 10.1. The molecule has 6 heteroatoms. The predicted molar refractivity (Wildman–Crippen MR) is 105 cm³/mol. The molecule has 1 N–H and O–H groups in total. The van der Waals surface area contributed by atoms with E-state index in [9.17, 15) is 14.4 Å². The molecule has 1 aromatic carbocycles. The number of ether oxygens (including phenoxy) is 1. The first-order valence-corrected chi connectivity index (χ1v) is 9.73. The molecule has 0 saturated carbocycles. The van der Waals surface area contributed by atoms with Crippen LogP contribution < -0.4 is 10.2 Å². The molecule has 0 spiro atoms. The molecule has 1 saturated heterocycles. The van der Waals surface area contributed by atoms with E-state index in [1.54, 1.807) is 29.2 Å². The van der Waals surface area contributed by atoms with Gasteiger partial charge in [-0.2, -0.15) is 0 Å². The van der Waals surface area contributed by atoms with Crippen LogP contribution in [0.4, 0.5) is 5.69 Å². The van der Waals surface area contributed by atoms with Gasteiger partial charge in [-0.3, -0.25) is 9.59 Å². The maximum atomic E-state index is 12.1. The molecule has 6 nitrogen and oxygen atoms in total. The number of nitrogens with one attached hydrogen (secondary N) is 1. The number of anilines is 1. The highest BCUT2D eigenvalue weighted by atomic mass is 16.5. The van der Waals surface area contributed by atoms with Crippen molar-refractivity contribution in [2.75, 3.05) is 18.1 Å². The number of nitrogens with zero attached hydrogens (tertiary/aromatic N) is 1. The summed E-state index contributed by atoms with van der Waals surface area (Å²) in [5.74, 6) is -0.0788. The monoisotopic (exact) mass is 374 g/mol. The summed E-state index contributed by atoms with van der Waals surface area (Å²) in [6, 6.07) is 6.77. The van der Waals surface area contributed by atoms with Crippen molar-refractivity contribution in [3.63, 3.8) is 0 Å². The zero-order chi connectivity index (χ0) is 19.8. The number of esters is 1. The van der Waals surface area contributed by atoms with Gasteiger partial charge in [0.15, 0.2) is 6.61 Å². The van der Waals surface area contributed by atoms with E-state index in [4.69, 9.17) is 4.74 Å². The molecule has 0 bridgehead atoms. The average molecular weight is 374 g/mol. The standard InChI is InChI=1S/C21H30N2O4/c1-15(2)6-4-7-16(3)22-19(24)14-27-21(26)17-9-11-18(12-10-17)23-13-5-8-20(23)25/h9-12,15-16H,4-8,13-14H2,1-3H3,(H,22,24)/t16-/m0/s1. The number of carbonyl (C=O) groups is 3. The van der Waals surface area contributed by atoms with E-state index in [1.165, 1.54) is 0 Å². The summed E-state index contributed by atoms with van der Waals surface area (Å²) in [5.41, 5.74) is 1.14. The molecule has 2 amide bonds. The van der Waals surface area contributed by atoms with Crippen LogP contribution in [0.2, 0.25) is 0 Å². The Morgan fingerprint density at radius 1 is 1.15 bits per heavy atom. The minimum atomic E-state index is -0.545. The first-order chi connectivity index (χ1) is 12.9. The molecule has 1 fully saturated rings. The minimum absolute atomic E-state index is 0.0623. The quantitative estimate of drug-likeness (QED) is 0.673. The number of carbonyl (C=O) groups excluding carboxylic acids is 3. The van der Waals surface area contributed by atoms with Gasteiger partial charge in [0.25, 0.3) is 5.91 Å². The normalized spacial score (nSPS) is 15.1. The molecule has 148 valence electrons. The zero-order valence-electron chi connectivity index (χ0n) is 16.5. The predicted octanol–water partition coefficient (Wildman–Crippen LogP) is 3.30. The number of benzene rings is 1. The first-order valence-electron chi connectivity index (χ1n) is 9.73. The van der Waals surface area contributed by atoms with Gasteiger partial charge >= 0.3 is 5.97 Å². The van der Waals surface area contributed by atoms with E-state index >= 15 is 0 Å². The Kier molecular flexibility index (Phi) is 7.82. The first kappa shape index (κ1) is 20.9. The zero-order valence-corrected chi connectivity index (χ0v) is 16.5. The number of hydrogen-bond donors (Lipinski definition) is 1. The van der Waals surface area contributed by atoms with Crippen LogP contribution in [0.5, 0.6) is 0 Å². The number of amides is 2. The van der Waals surface area contributed by atoms with Gasteiger partial charge in [0.2, 0.25) is 5.91 Å². The third kappa shape index (κ3) is 6.70. The van der Waals surface area contributed by atoms with Gasteiger partial charge < -0.3 is 15.0 Å². The van der Waals surface area contributed by atoms with Crippen molar-refractivity contribution < 1.29 is 19.1 Å². The molecule has 0 aromatic heterocycles. The highest BCUT2D eigenvalue weighted by Crippen LogP contribution is 2.21. The topological polar surface area (TPSA) is 75.7 Å². The lowest BCUT2D eigenvalue weighted by molar-refractivity contribution is -0.124. The van der Waals surface area contributed by atoms with Crippen molar-refractivity contribution in [1.29, 1.82) is 0 Å². The van der Waals surface area contributed by atoms with Crippen molar-refractivity contribution in [1.82, 2.24) is 5.32 Å². The summed E-state index contributed by atoms with van der Waals surface area (Å²) in [6.45, 7) is 6.73. The van der Waals surface area contributed by atoms with Crippen molar-refractivity contribution >= 4 is 23.5 Å². The Morgan fingerprint density at radius 3 is 2.44 bits per heavy atom. The molecule has 0 radical (unpaired) electrons. The van der Waals surface area contributed by atoms with Gasteiger partial charge in [0.1, 0.15) is 0 Å². The molecule has 2 rings (SSSR count). The maximum absolute atomic E-state index is 12.1. The molecule has 27 heavy (non-hydrogen) atoms. The number of hydrogen-bond acceptors (Lipinski definition) is 4. The van der Waals surface area contributed by atoms with Crippen molar-refractivity contribution in [3.8, 4) is 0 Å². The van der Waals surface area contributed by atoms with Gasteiger partial charge in [-0.1, -0.05) is 26.7 Å². The second-order valence-electron chi connectivity index (χ2n) is 7.57. The van der Waals surface area contributed by atoms with Crippen LogP contribution in [0.1, 0.15) is 63.2 Å². The molecule has 1 aliphatic heterocycles. The Labute approximate surface area is 161 Å². The fourth-order valence-corrected chi connectivity index (χ4v) is 3.13. The molecule has 0 aliphatic carbocycles. The van der Waals surface area contributed by atoms with E-state index in [2.05, 4.69) is 19.2 Å². The van der Waals surface area contributed by atoms with Gasteiger partial charge in [-0.15, -0.1) is 0 Å². The molecule has 1 atom stereocenters. The van der Waals surface area contributed by atoms with Crippen LogP contribution in [0.25, 0.3) is 0 Å². The molecule has 1 aromatic rings. The second-order valence-corrected chi connectivity index (χ2v) is 7.57. The van der Waals surface area contributed by atoms with Crippen molar-refractivity contribution in [2.45, 2.75) is 58.9 Å². The van der Waals surface area contributed by atoms with E-state index in [0.717, 1.165) is 31.4 Å². The Morgan fingerprint density at radius 2 is 1.85 bits per heavy atom. The largest absolute Gasteiger partial charge is 0.452 e. The van der Waals surface area contributed by atoms with E-state index in [-0.39, 0.29) is 24.5 Å². The molecule has 1 aliphatic rings. The average Bonchev–Trinajstić information content (AvgIpc) is 3.05. The SMILES string of the molecule is CC(C)CCC[C@H](C)NC(=O)COC(=O)c1ccc(N2CCCC2=O)cc1. The number of rotatable bonds is 9. The van der Waals surface area contributed by atoms with Gasteiger partial charge in [-0.25, -0.2) is 4.79 Å². The summed E-state index contributed by atoms with van der Waals surface area (Å²) in [6.07, 6.45) is 4.52. The summed E-state index contributed by atoms with van der Waals surface area (Å²) in [5, 5.41) is 2.85. The van der Waals surface area contributed by atoms with E-state index in [1.807, 2.05) is 6.92 Å². The van der Waals surface area contributed by atoms with Crippen molar-refractivity contribution in [3.05, 3.63) is 29.8 Å². The van der Waals surface area contributed by atoms with Crippen molar-refractivity contribution in [2.24, 2.45) is 5.92 Å². The van der Waals surface area contributed by atoms with E-state index < -0.39 is 5.97 Å². The summed E-state index contributed by atoms with van der Waals surface area (Å²) < 4.78 is 5.09. The van der Waals surface area contributed by atoms with Gasteiger partial charge in [-0.05, 0) is 49.9 Å². The molecule has 1 heterocycles. The van der Waals surface area contributed by atoms with Crippen LogP contribution in [0.15, 0.2) is 24.3 Å². The van der Waals surface area contributed by atoms with Crippen LogP contribution in [0.3, 0.4) is 0 Å². The van der Waals surface area contributed by atoms with E-state index in [0.29, 0.717) is 24.4 Å². The van der Waals surface area contributed by atoms with Crippen LogP contribution in [0, 0.1) is 5.92 Å².